The van der Waals surface area contributed by atoms with E-state index in [1.165, 1.54) is 19.3 Å². The van der Waals surface area contributed by atoms with Crippen LogP contribution in [0.3, 0.4) is 0 Å². The van der Waals surface area contributed by atoms with E-state index in [2.05, 4.69) is 10.6 Å². The Hall–Kier alpha value is -2.12. The number of imide groups is 1. The highest BCUT2D eigenvalue weighted by Gasteiger charge is 2.51. The number of nitrogens with one attached hydrogen (secondary N) is 2. The van der Waals surface area contributed by atoms with Crippen LogP contribution < -0.4 is 10.6 Å². The average molecular weight is 473 g/mol. The fraction of sp³-hybridized carbons (Fsp3) is 0.640. The first-order valence-corrected chi connectivity index (χ1v) is 12.6. The van der Waals surface area contributed by atoms with Crippen molar-refractivity contribution in [3.05, 3.63) is 34.9 Å². The van der Waals surface area contributed by atoms with E-state index in [0.717, 1.165) is 37.0 Å². The number of piperazine rings is 1. The molecule has 1 saturated heterocycles. The summed E-state index contributed by atoms with van der Waals surface area (Å²) >= 11 is 6.01. The third-order valence-corrected chi connectivity index (χ3v) is 8.49. The molecule has 178 valence electrons. The van der Waals surface area contributed by atoms with Gasteiger partial charge in [0, 0.05) is 42.3 Å². The van der Waals surface area contributed by atoms with Crippen LogP contribution in [0, 0.1) is 17.8 Å². The van der Waals surface area contributed by atoms with Crippen LogP contribution >= 0.6 is 11.6 Å². The smallest absolute Gasteiger partial charge is 0.321 e. The zero-order valence-corrected chi connectivity index (χ0v) is 19.9. The number of carbonyl (C=O) groups is 3. The molecule has 1 atom stereocenters. The van der Waals surface area contributed by atoms with Gasteiger partial charge in [0.25, 0.3) is 5.91 Å². The molecule has 4 amide bonds. The van der Waals surface area contributed by atoms with Crippen molar-refractivity contribution in [2.75, 3.05) is 26.2 Å². The number of hydrogen-bond acceptors (Lipinski definition) is 4. The second-order valence-electron chi connectivity index (χ2n) is 10.7. The van der Waals surface area contributed by atoms with Gasteiger partial charge in [-0.05, 0) is 81.4 Å². The van der Waals surface area contributed by atoms with Gasteiger partial charge in [-0.1, -0.05) is 17.7 Å². The van der Waals surface area contributed by atoms with E-state index in [-0.39, 0.29) is 23.4 Å². The Morgan fingerprint density at radius 3 is 2.18 bits per heavy atom. The fourth-order valence-corrected chi connectivity index (χ4v) is 7.22. The molecular weight excluding hydrogens is 440 g/mol. The van der Waals surface area contributed by atoms with Gasteiger partial charge in [0.15, 0.2) is 0 Å². The summed E-state index contributed by atoms with van der Waals surface area (Å²) in [4.78, 5) is 42.1. The number of nitrogens with zero attached hydrogens (tertiary/aromatic N) is 2. The lowest BCUT2D eigenvalue weighted by Crippen LogP contribution is -2.63. The number of hydrogen-bond donors (Lipinski definition) is 2. The summed E-state index contributed by atoms with van der Waals surface area (Å²) in [5.74, 6) is 1.86. The molecule has 5 fully saturated rings. The summed E-state index contributed by atoms with van der Waals surface area (Å²) in [6.45, 7) is 4.04. The normalized spacial score (nSPS) is 31.8. The van der Waals surface area contributed by atoms with Crippen molar-refractivity contribution < 1.29 is 14.4 Å². The molecule has 1 unspecified atom stereocenters. The number of halogens is 1. The summed E-state index contributed by atoms with van der Waals surface area (Å²) in [6.07, 6.45) is 7.09. The monoisotopic (exact) mass is 472 g/mol. The molecule has 8 heteroatoms. The minimum Gasteiger partial charge on any atom is -0.336 e. The first kappa shape index (κ1) is 22.7. The molecule has 0 radical (unpaired) electrons. The maximum Gasteiger partial charge on any atom is 0.321 e. The van der Waals surface area contributed by atoms with Gasteiger partial charge in [-0.25, -0.2) is 4.79 Å². The van der Waals surface area contributed by atoms with Gasteiger partial charge in [-0.15, -0.1) is 0 Å². The van der Waals surface area contributed by atoms with Crippen LogP contribution in [-0.4, -0.2) is 65.4 Å². The summed E-state index contributed by atoms with van der Waals surface area (Å²) in [7, 11) is 0. The van der Waals surface area contributed by atoms with Crippen molar-refractivity contribution in [1.82, 2.24) is 20.4 Å². The molecular formula is C25H33ClN4O3. The standard InChI is InChI=1S/C25H33ClN4O3/c1-16(29-5-7-30(8-6-29)23(32)20-3-2-4-21(26)12-20)22(31)27-24(33)28-25-13-17-9-18(14-25)11-19(10-17)15-25/h2-4,12,16-19H,5-11,13-15H2,1H3,(H2,27,28,31,33). The van der Waals surface area contributed by atoms with Gasteiger partial charge in [-0.2, -0.15) is 0 Å². The van der Waals surface area contributed by atoms with Gasteiger partial charge in [0.2, 0.25) is 5.91 Å². The molecule has 1 aromatic carbocycles. The first-order chi connectivity index (χ1) is 15.8. The molecule has 4 saturated carbocycles. The Balaban J connectivity index is 1.11. The molecule has 4 aliphatic carbocycles. The van der Waals surface area contributed by atoms with Crippen molar-refractivity contribution in [2.45, 2.75) is 57.0 Å². The quantitative estimate of drug-likeness (QED) is 0.704. The Bertz CT molecular complexity index is 908. The first-order valence-electron chi connectivity index (χ1n) is 12.2. The lowest BCUT2D eigenvalue weighted by molar-refractivity contribution is -0.125. The van der Waals surface area contributed by atoms with Crippen LogP contribution in [0.15, 0.2) is 24.3 Å². The summed E-state index contributed by atoms with van der Waals surface area (Å²) in [5, 5.41) is 6.34. The van der Waals surface area contributed by atoms with Crippen LogP contribution in [0.4, 0.5) is 4.79 Å². The lowest BCUT2D eigenvalue weighted by atomic mass is 9.53. The minimum atomic E-state index is -0.435. The molecule has 7 nitrogen and oxygen atoms in total. The average Bonchev–Trinajstić information content (AvgIpc) is 2.76. The van der Waals surface area contributed by atoms with E-state index in [9.17, 15) is 14.4 Å². The minimum absolute atomic E-state index is 0.0517. The Labute approximate surface area is 200 Å². The third kappa shape index (κ3) is 4.76. The molecule has 4 bridgehead atoms. The zero-order valence-electron chi connectivity index (χ0n) is 19.2. The second-order valence-corrected chi connectivity index (χ2v) is 11.1. The van der Waals surface area contributed by atoms with Crippen LogP contribution in [0.1, 0.15) is 55.8 Å². The fourth-order valence-electron chi connectivity index (χ4n) is 7.03. The van der Waals surface area contributed by atoms with Gasteiger partial charge in [-0.3, -0.25) is 19.8 Å². The highest BCUT2D eigenvalue weighted by molar-refractivity contribution is 6.30. The Morgan fingerprint density at radius 1 is 1.00 bits per heavy atom. The van der Waals surface area contributed by atoms with Crippen molar-refractivity contribution >= 4 is 29.4 Å². The topological polar surface area (TPSA) is 81.8 Å². The molecule has 6 rings (SSSR count). The van der Waals surface area contributed by atoms with Crippen LogP contribution in [0.2, 0.25) is 5.02 Å². The molecule has 0 aromatic heterocycles. The number of urea groups is 1. The molecule has 1 aromatic rings. The summed E-state index contributed by atoms with van der Waals surface area (Å²) < 4.78 is 0. The lowest BCUT2D eigenvalue weighted by Gasteiger charge is -2.56. The van der Waals surface area contributed by atoms with E-state index in [4.69, 9.17) is 11.6 Å². The summed E-state index contributed by atoms with van der Waals surface area (Å²) in [5.41, 5.74) is 0.456. The van der Waals surface area contributed by atoms with Crippen molar-refractivity contribution in [3.63, 3.8) is 0 Å². The van der Waals surface area contributed by atoms with E-state index < -0.39 is 6.04 Å². The Kier molecular flexibility index (Phi) is 6.12. The number of benzene rings is 1. The van der Waals surface area contributed by atoms with E-state index in [1.54, 1.807) is 29.2 Å². The molecule has 1 aliphatic heterocycles. The SMILES string of the molecule is CC(C(=O)NC(=O)NC12CC3CC(CC(C3)C1)C2)N1CCN(C(=O)c2cccc(Cl)c2)CC1. The zero-order chi connectivity index (χ0) is 23.2. The van der Waals surface area contributed by atoms with Crippen molar-refractivity contribution in [2.24, 2.45) is 17.8 Å². The number of rotatable bonds is 4. The maximum atomic E-state index is 12.8. The number of amides is 4. The molecule has 1 heterocycles. The predicted octanol–water partition coefficient (Wildman–Crippen LogP) is 3.28. The van der Waals surface area contributed by atoms with Crippen molar-refractivity contribution in [3.8, 4) is 0 Å². The largest absolute Gasteiger partial charge is 0.336 e. The maximum absolute atomic E-state index is 12.8. The van der Waals surface area contributed by atoms with Crippen molar-refractivity contribution in [1.29, 1.82) is 0 Å². The Morgan fingerprint density at radius 2 is 1.61 bits per heavy atom. The van der Waals surface area contributed by atoms with Gasteiger partial charge < -0.3 is 10.2 Å². The van der Waals surface area contributed by atoms with Crippen LogP contribution in [0.25, 0.3) is 0 Å². The van der Waals surface area contributed by atoms with E-state index in [0.29, 0.717) is 36.8 Å². The van der Waals surface area contributed by atoms with E-state index in [1.807, 2.05) is 11.8 Å². The molecule has 0 spiro atoms. The van der Waals surface area contributed by atoms with Crippen LogP contribution in [0.5, 0.6) is 0 Å². The highest BCUT2D eigenvalue weighted by atomic mass is 35.5. The van der Waals surface area contributed by atoms with Gasteiger partial charge >= 0.3 is 6.03 Å². The van der Waals surface area contributed by atoms with Gasteiger partial charge in [0.05, 0.1) is 6.04 Å². The predicted molar refractivity (Wildman–Crippen MR) is 126 cm³/mol. The molecule has 33 heavy (non-hydrogen) atoms. The number of carbonyl (C=O) groups excluding carboxylic acids is 3. The summed E-state index contributed by atoms with van der Waals surface area (Å²) in [6, 6.07) is 6.16. The second kappa shape index (κ2) is 8.91. The van der Waals surface area contributed by atoms with Gasteiger partial charge in [0.1, 0.15) is 0 Å². The molecule has 5 aliphatic rings. The highest BCUT2D eigenvalue weighted by Crippen LogP contribution is 2.55. The van der Waals surface area contributed by atoms with E-state index >= 15 is 0 Å². The molecule has 2 N–H and O–H groups in total. The third-order valence-electron chi connectivity index (χ3n) is 8.25. The van der Waals surface area contributed by atoms with Crippen LogP contribution in [-0.2, 0) is 4.79 Å².